The third kappa shape index (κ3) is 3.33. The molecule has 1 aromatic heterocycles. The molecule has 7 heteroatoms. The molecule has 2 fully saturated rings. The summed E-state index contributed by atoms with van der Waals surface area (Å²) < 4.78 is 30.6. The van der Waals surface area contributed by atoms with Gasteiger partial charge in [-0.25, -0.2) is 4.39 Å². The molecule has 0 atom stereocenters. The highest BCUT2D eigenvalue weighted by atomic mass is 19.1. The highest BCUT2D eigenvalue weighted by molar-refractivity contribution is 5.30. The fraction of sp³-hybridized carbons (Fsp3) is 0.579. The molecule has 0 bridgehead atoms. The first-order valence-corrected chi connectivity index (χ1v) is 9.04. The summed E-state index contributed by atoms with van der Waals surface area (Å²) >= 11 is 0. The second-order valence-corrected chi connectivity index (χ2v) is 7.50. The predicted molar refractivity (Wildman–Crippen MR) is 92.7 cm³/mol. The first kappa shape index (κ1) is 17.4. The van der Waals surface area contributed by atoms with Gasteiger partial charge in [-0.05, 0) is 38.0 Å². The Morgan fingerprint density at radius 2 is 2.04 bits per heavy atom. The minimum atomic E-state index is -0.209. The van der Waals surface area contributed by atoms with Gasteiger partial charge in [-0.3, -0.25) is 4.90 Å². The molecule has 0 aliphatic carbocycles. The predicted octanol–water partition coefficient (Wildman–Crippen LogP) is 2.88. The van der Waals surface area contributed by atoms with E-state index in [0.29, 0.717) is 29.7 Å². The van der Waals surface area contributed by atoms with Gasteiger partial charge in [-0.15, -0.1) is 10.2 Å². The van der Waals surface area contributed by atoms with Gasteiger partial charge in [0.25, 0.3) is 0 Å². The monoisotopic (exact) mass is 361 g/mol. The molecule has 3 heterocycles. The Morgan fingerprint density at radius 3 is 2.77 bits per heavy atom. The zero-order valence-corrected chi connectivity index (χ0v) is 15.2. The number of methoxy groups -OCH3 is 1. The van der Waals surface area contributed by atoms with Gasteiger partial charge in [-0.2, -0.15) is 0 Å². The summed E-state index contributed by atoms with van der Waals surface area (Å²) in [6.45, 7) is 5.68. The van der Waals surface area contributed by atoms with Gasteiger partial charge in [0, 0.05) is 44.3 Å². The van der Waals surface area contributed by atoms with Crippen LogP contribution in [-0.2, 0) is 16.7 Å². The van der Waals surface area contributed by atoms with Crippen molar-refractivity contribution < 1.29 is 18.3 Å². The molecule has 1 aromatic carbocycles. The van der Waals surface area contributed by atoms with Crippen molar-refractivity contribution in [2.75, 3.05) is 33.4 Å². The van der Waals surface area contributed by atoms with E-state index in [4.69, 9.17) is 13.9 Å². The molecular weight excluding hydrogens is 337 g/mol. The molecule has 0 radical (unpaired) electrons. The molecule has 2 aliphatic rings. The Labute approximate surface area is 152 Å². The lowest BCUT2D eigenvalue weighted by Crippen LogP contribution is -2.57. The van der Waals surface area contributed by atoms with E-state index in [-0.39, 0.29) is 11.2 Å². The molecule has 0 saturated carbocycles. The maximum absolute atomic E-state index is 14.0. The van der Waals surface area contributed by atoms with Crippen LogP contribution in [0.5, 0.6) is 5.75 Å². The molecule has 0 unspecified atom stereocenters. The third-order valence-electron chi connectivity index (χ3n) is 5.32. The number of hydrogen-bond donors (Lipinski definition) is 0. The summed E-state index contributed by atoms with van der Waals surface area (Å²) in [6, 6.07) is 4.83. The normalized spacial score (nSPS) is 20.7. The van der Waals surface area contributed by atoms with Crippen molar-refractivity contribution in [1.29, 1.82) is 0 Å². The first-order chi connectivity index (χ1) is 12.6. The van der Waals surface area contributed by atoms with Gasteiger partial charge in [0.15, 0.2) is 0 Å². The summed E-state index contributed by atoms with van der Waals surface area (Å²) in [5.41, 5.74) is 0.464. The standard InChI is InChI=1S/C19H24FN3O3/c1-19(18-22-21-17(26-18)13-5-7-25-8-6-13)11-23(12-19)10-14-9-15(24-2)3-4-16(14)20/h3-4,9,13H,5-8,10-12H2,1-2H3. The summed E-state index contributed by atoms with van der Waals surface area (Å²) in [5.74, 6) is 2.17. The van der Waals surface area contributed by atoms with Crippen LogP contribution in [0, 0.1) is 5.82 Å². The van der Waals surface area contributed by atoms with E-state index in [1.807, 2.05) is 0 Å². The average molecular weight is 361 g/mol. The van der Waals surface area contributed by atoms with Gasteiger partial charge in [0.2, 0.25) is 11.8 Å². The zero-order chi connectivity index (χ0) is 18.1. The summed E-state index contributed by atoms with van der Waals surface area (Å²) in [7, 11) is 1.59. The highest BCUT2D eigenvalue weighted by Crippen LogP contribution is 2.36. The van der Waals surface area contributed by atoms with E-state index in [2.05, 4.69) is 22.0 Å². The van der Waals surface area contributed by atoms with E-state index in [1.54, 1.807) is 19.2 Å². The smallest absolute Gasteiger partial charge is 0.224 e. The number of hydrogen-bond acceptors (Lipinski definition) is 6. The van der Waals surface area contributed by atoms with Crippen LogP contribution in [0.3, 0.4) is 0 Å². The average Bonchev–Trinajstić information content (AvgIpc) is 3.13. The molecule has 0 spiro atoms. The number of likely N-dealkylation sites (tertiary alicyclic amines) is 1. The SMILES string of the molecule is COc1ccc(F)c(CN2CC(C)(c3nnc(C4CCOCC4)o3)C2)c1. The molecule has 4 rings (SSSR count). The quantitative estimate of drug-likeness (QED) is 0.816. The first-order valence-electron chi connectivity index (χ1n) is 9.04. The number of rotatable bonds is 5. The van der Waals surface area contributed by atoms with Crippen LogP contribution in [-0.4, -0.2) is 48.5 Å². The molecular formula is C19H24FN3O3. The van der Waals surface area contributed by atoms with E-state index in [0.717, 1.165) is 45.0 Å². The number of benzene rings is 1. The fourth-order valence-corrected chi connectivity index (χ4v) is 3.82. The number of aromatic nitrogens is 2. The Morgan fingerprint density at radius 1 is 1.27 bits per heavy atom. The Hall–Kier alpha value is -1.99. The molecule has 0 amide bonds. The minimum absolute atomic E-state index is 0.175. The van der Waals surface area contributed by atoms with E-state index in [1.165, 1.54) is 6.07 Å². The molecule has 2 aliphatic heterocycles. The van der Waals surface area contributed by atoms with Crippen LogP contribution < -0.4 is 4.74 Å². The molecule has 140 valence electrons. The van der Waals surface area contributed by atoms with E-state index < -0.39 is 0 Å². The maximum Gasteiger partial charge on any atom is 0.224 e. The highest BCUT2D eigenvalue weighted by Gasteiger charge is 2.45. The van der Waals surface area contributed by atoms with Crippen molar-refractivity contribution in [3.63, 3.8) is 0 Å². The number of nitrogens with zero attached hydrogens (tertiary/aromatic N) is 3. The van der Waals surface area contributed by atoms with E-state index >= 15 is 0 Å². The lowest BCUT2D eigenvalue weighted by atomic mass is 9.81. The van der Waals surface area contributed by atoms with Crippen molar-refractivity contribution in [2.45, 2.75) is 37.6 Å². The number of halogens is 1. The van der Waals surface area contributed by atoms with Crippen molar-refractivity contribution in [3.05, 3.63) is 41.4 Å². The minimum Gasteiger partial charge on any atom is -0.497 e. The van der Waals surface area contributed by atoms with Gasteiger partial charge >= 0.3 is 0 Å². The van der Waals surface area contributed by atoms with Crippen molar-refractivity contribution in [1.82, 2.24) is 15.1 Å². The van der Waals surface area contributed by atoms with Gasteiger partial charge < -0.3 is 13.9 Å². The summed E-state index contributed by atoms with van der Waals surface area (Å²) in [5, 5.41) is 8.56. The van der Waals surface area contributed by atoms with E-state index in [9.17, 15) is 4.39 Å². The topological polar surface area (TPSA) is 60.6 Å². The fourth-order valence-electron chi connectivity index (χ4n) is 3.82. The molecule has 26 heavy (non-hydrogen) atoms. The van der Waals surface area contributed by atoms with Crippen LogP contribution in [0.15, 0.2) is 22.6 Å². The van der Waals surface area contributed by atoms with Crippen LogP contribution in [0.2, 0.25) is 0 Å². The summed E-state index contributed by atoms with van der Waals surface area (Å²) in [4.78, 5) is 2.18. The van der Waals surface area contributed by atoms with Gasteiger partial charge in [0.1, 0.15) is 11.6 Å². The largest absolute Gasteiger partial charge is 0.497 e. The van der Waals surface area contributed by atoms with Crippen LogP contribution >= 0.6 is 0 Å². The van der Waals surface area contributed by atoms with Gasteiger partial charge in [-0.1, -0.05) is 0 Å². The van der Waals surface area contributed by atoms with Crippen LogP contribution in [0.1, 0.15) is 43.0 Å². The second kappa shape index (κ2) is 6.96. The maximum atomic E-state index is 14.0. The molecule has 6 nitrogen and oxygen atoms in total. The molecule has 2 aromatic rings. The Balaban J connectivity index is 1.39. The Bertz CT molecular complexity index is 767. The van der Waals surface area contributed by atoms with Crippen molar-refractivity contribution in [3.8, 4) is 5.75 Å². The summed E-state index contributed by atoms with van der Waals surface area (Å²) in [6.07, 6.45) is 1.86. The lowest BCUT2D eigenvalue weighted by Gasteiger charge is -2.45. The Kier molecular flexibility index (Phi) is 4.67. The second-order valence-electron chi connectivity index (χ2n) is 7.50. The number of ether oxygens (including phenoxy) is 2. The van der Waals surface area contributed by atoms with Crippen molar-refractivity contribution >= 4 is 0 Å². The molecule has 0 N–H and O–H groups in total. The zero-order valence-electron chi connectivity index (χ0n) is 15.2. The van der Waals surface area contributed by atoms with Crippen molar-refractivity contribution in [2.24, 2.45) is 0 Å². The third-order valence-corrected chi connectivity index (χ3v) is 5.32. The lowest BCUT2D eigenvalue weighted by molar-refractivity contribution is 0.0465. The van der Waals surface area contributed by atoms with Crippen LogP contribution in [0.4, 0.5) is 4.39 Å². The van der Waals surface area contributed by atoms with Crippen LogP contribution in [0.25, 0.3) is 0 Å². The molecule has 2 saturated heterocycles. The van der Waals surface area contributed by atoms with Gasteiger partial charge in [0.05, 0.1) is 12.5 Å².